The minimum Gasteiger partial charge on any atom is -0.393 e. The van der Waals surface area contributed by atoms with Crippen molar-refractivity contribution in [2.45, 2.75) is 31.4 Å². The van der Waals surface area contributed by atoms with Gasteiger partial charge in [0.25, 0.3) is 0 Å². The van der Waals surface area contributed by atoms with Crippen LogP contribution in [0.15, 0.2) is 30.5 Å². The first-order valence-corrected chi connectivity index (χ1v) is 7.40. The van der Waals surface area contributed by atoms with Crippen molar-refractivity contribution in [3.8, 4) is 0 Å². The van der Waals surface area contributed by atoms with E-state index in [1.807, 2.05) is 30.5 Å². The van der Waals surface area contributed by atoms with Gasteiger partial charge in [-0.3, -0.25) is 4.79 Å². The number of fused-ring (bicyclic) bond motifs is 1. The Labute approximate surface area is 123 Å². The fourth-order valence-corrected chi connectivity index (χ4v) is 2.87. The number of aliphatic hydroxyl groups is 1. The molecule has 1 amide bonds. The first kappa shape index (κ1) is 14.1. The Morgan fingerprint density at radius 3 is 2.95 bits per heavy atom. The number of nitrogens with two attached hydrogens (primary N) is 1. The Kier molecular flexibility index (Phi) is 3.94. The molecule has 1 aliphatic rings. The van der Waals surface area contributed by atoms with Gasteiger partial charge >= 0.3 is 0 Å². The fourth-order valence-electron chi connectivity index (χ4n) is 2.87. The third-order valence-corrected chi connectivity index (χ3v) is 4.23. The SMILES string of the molecule is N[C@H](Cc1c[nH]c2ccccc12)C(=O)NCC1CC(O)C1. The number of para-hydroxylation sites is 1. The van der Waals surface area contributed by atoms with Crippen molar-refractivity contribution in [2.24, 2.45) is 11.7 Å². The highest BCUT2D eigenvalue weighted by Crippen LogP contribution is 2.26. The molecular formula is C16H21N3O2. The van der Waals surface area contributed by atoms with E-state index < -0.39 is 6.04 Å². The van der Waals surface area contributed by atoms with Crippen LogP contribution in [0.25, 0.3) is 10.9 Å². The number of hydrogen-bond acceptors (Lipinski definition) is 3. The van der Waals surface area contributed by atoms with Crippen molar-refractivity contribution < 1.29 is 9.90 Å². The summed E-state index contributed by atoms with van der Waals surface area (Å²) in [7, 11) is 0. The topological polar surface area (TPSA) is 91.1 Å². The summed E-state index contributed by atoms with van der Waals surface area (Å²) in [4.78, 5) is 15.2. The molecule has 1 saturated carbocycles. The molecule has 5 heteroatoms. The van der Waals surface area contributed by atoms with Crippen molar-refractivity contribution in [1.29, 1.82) is 0 Å². The molecule has 0 unspecified atom stereocenters. The van der Waals surface area contributed by atoms with Crippen LogP contribution in [0.3, 0.4) is 0 Å². The minimum absolute atomic E-state index is 0.123. The van der Waals surface area contributed by atoms with E-state index in [-0.39, 0.29) is 12.0 Å². The lowest BCUT2D eigenvalue weighted by molar-refractivity contribution is -0.122. The van der Waals surface area contributed by atoms with Gasteiger partial charge in [0, 0.05) is 23.6 Å². The van der Waals surface area contributed by atoms with Crippen LogP contribution in [0.2, 0.25) is 0 Å². The highest BCUT2D eigenvalue weighted by atomic mass is 16.3. The Balaban J connectivity index is 1.55. The predicted octanol–water partition coefficient (Wildman–Crippen LogP) is 0.925. The van der Waals surface area contributed by atoms with Crippen molar-refractivity contribution in [2.75, 3.05) is 6.54 Å². The van der Waals surface area contributed by atoms with Gasteiger partial charge in [-0.25, -0.2) is 0 Å². The second kappa shape index (κ2) is 5.87. The molecule has 0 bridgehead atoms. The summed E-state index contributed by atoms with van der Waals surface area (Å²) in [5.74, 6) is 0.269. The van der Waals surface area contributed by atoms with Gasteiger partial charge in [0.2, 0.25) is 5.91 Å². The molecule has 5 N–H and O–H groups in total. The normalized spacial score (nSPS) is 22.8. The van der Waals surface area contributed by atoms with Gasteiger partial charge in [0.15, 0.2) is 0 Å². The van der Waals surface area contributed by atoms with E-state index in [1.54, 1.807) is 0 Å². The van der Waals surface area contributed by atoms with Gasteiger partial charge in [-0.15, -0.1) is 0 Å². The second-order valence-corrected chi connectivity index (χ2v) is 5.91. The van der Waals surface area contributed by atoms with E-state index in [1.165, 1.54) is 0 Å². The molecule has 3 rings (SSSR count). The molecule has 1 aromatic heterocycles. The van der Waals surface area contributed by atoms with E-state index in [0.717, 1.165) is 29.3 Å². The number of benzene rings is 1. The number of carbonyl (C=O) groups excluding carboxylic acids is 1. The maximum atomic E-state index is 12.0. The van der Waals surface area contributed by atoms with E-state index in [9.17, 15) is 9.90 Å². The largest absolute Gasteiger partial charge is 0.393 e. The number of aromatic amines is 1. The van der Waals surface area contributed by atoms with Crippen LogP contribution >= 0.6 is 0 Å². The molecule has 2 aromatic rings. The van der Waals surface area contributed by atoms with Crippen LogP contribution in [0.5, 0.6) is 0 Å². The Bertz CT molecular complexity index is 631. The molecule has 0 saturated heterocycles. The van der Waals surface area contributed by atoms with Crippen molar-refractivity contribution in [1.82, 2.24) is 10.3 Å². The molecule has 5 nitrogen and oxygen atoms in total. The van der Waals surface area contributed by atoms with Gasteiger partial charge in [-0.1, -0.05) is 18.2 Å². The van der Waals surface area contributed by atoms with Crippen LogP contribution in [0.1, 0.15) is 18.4 Å². The Morgan fingerprint density at radius 1 is 1.43 bits per heavy atom. The van der Waals surface area contributed by atoms with E-state index in [0.29, 0.717) is 18.9 Å². The lowest BCUT2D eigenvalue weighted by atomic mass is 9.82. The number of nitrogens with one attached hydrogen (secondary N) is 2. The number of rotatable bonds is 5. The average molecular weight is 287 g/mol. The van der Waals surface area contributed by atoms with Gasteiger partial charge in [-0.2, -0.15) is 0 Å². The van der Waals surface area contributed by atoms with Crippen LogP contribution in [-0.2, 0) is 11.2 Å². The summed E-state index contributed by atoms with van der Waals surface area (Å²) in [5, 5.41) is 13.2. The van der Waals surface area contributed by atoms with Crippen molar-refractivity contribution in [3.05, 3.63) is 36.0 Å². The third kappa shape index (κ3) is 3.09. The first-order chi connectivity index (χ1) is 10.1. The maximum Gasteiger partial charge on any atom is 0.237 e. The smallest absolute Gasteiger partial charge is 0.237 e. The quantitative estimate of drug-likeness (QED) is 0.659. The Morgan fingerprint density at radius 2 is 2.19 bits per heavy atom. The Hall–Kier alpha value is -1.85. The summed E-state index contributed by atoms with van der Waals surface area (Å²) < 4.78 is 0. The van der Waals surface area contributed by atoms with Crippen LogP contribution < -0.4 is 11.1 Å². The first-order valence-electron chi connectivity index (χ1n) is 7.40. The highest BCUT2D eigenvalue weighted by molar-refractivity contribution is 5.86. The molecule has 0 aliphatic heterocycles. The summed E-state index contributed by atoms with van der Waals surface area (Å²) in [6, 6.07) is 7.44. The molecular weight excluding hydrogens is 266 g/mol. The maximum absolute atomic E-state index is 12.0. The van der Waals surface area contributed by atoms with Crippen LogP contribution in [0, 0.1) is 5.92 Å². The van der Waals surface area contributed by atoms with Gasteiger partial charge in [-0.05, 0) is 36.8 Å². The zero-order valence-corrected chi connectivity index (χ0v) is 11.9. The summed E-state index contributed by atoms with van der Waals surface area (Å²) in [6.45, 7) is 0.609. The number of H-pyrrole nitrogens is 1. The van der Waals surface area contributed by atoms with Gasteiger partial charge < -0.3 is 21.1 Å². The van der Waals surface area contributed by atoms with E-state index in [4.69, 9.17) is 5.73 Å². The van der Waals surface area contributed by atoms with E-state index >= 15 is 0 Å². The molecule has 1 aromatic carbocycles. The molecule has 0 radical (unpaired) electrons. The fraction of sp³-hybridized carbons (Fsp3) is 0.438. The molecule has 1 atom stereocenters. The standard InChI is InChI=1S/C16H21N3O2/c17-14(16(21)19-8-10-5-12(20)6-10)7-11-9-18-15-4-2-1-3-13(11)15/h1-4,9-10,12,14,18,20H,5-8,17H2,(H,19,21)/t10?,12?,14-/m1/s1. The lowest BCUT2D eigenvalue weighted by Crippen LogP contribution is -2.46. The summed E-state index contributed by atoms with van der Waals surface area (Å²) in [5.41, 5.74) is 8.12. The van der Waals surface area contributed by atoms with Crippen LogP contribution in [0.4, 0.5) is 0 Å². The number of aliphatic hydroxyl groups excluding tert-OH is 1. The van der Waals surface area contributed by atoms with Crippen molar-refractivity contribution in [3.63, 3.8) is 0 Å². The zero-order valence-electron chi connectivity index (χ0n) is 11.9. The van der Waals surface area contributed by atoms with Crippen LogP contribution in [-0.4, -0.2) is 34.7 Å². The summed E-state index contributed by atoms with van der Waals surface area (Å²) in [6.07, 6.45) is 3.80. The number of amides is 1. The number of carbonyl (C=O) groups is 1. The predicted molar refractivity (Wildman–Crippen MR) is 81.7 cm³/mol. The number of aromatic nitrogens is 1. The molecule has 1 heterocycles. The van der Waals surface area contributed by atoms with E-state index in [2.05, 4.69) is 10.3 Å². The summed E-state index contributed by atoms with van der Waals surface area (Å²) >= 11 is 0. The second-order valence-electron chi connectivity index (χ2n) is 5.91. The molecule has 112 valence electrons. The molecule has 0 spiro atoms. The van der Waals surface area contributed by atoms with Gasteiger partial charge in [0.05, 0.1) is 12.1 Å². The van der Waals surface area contributed by atoms with Crippen molar-refractivity contribution >= 4 is 16.8 Å². The third-order valence-electron chi connectivity index (χ3n) is 4.23. The molecule has 1 fully saturated rings. The highest BCUT2D eigenvalue weighted by Gasteiger charge is 2.27. The molecule has 21 heavy (non-hydrogen) atoms. The number of hydrogen-bond donors (Lipinski definition) is 4. The zero-order chi connectivity index (χ0) is 14.8. The lowest BCUT2D eigenvalue weighted by Gasteiger charge is -2.31. The monoisotopic (exact) mass is 287 g/mol. The average Bonchev–Trinajstić information content (AvgIpc) is 2.85. The minimum atomic E-state index is -0.547. The van der Waals surface area contributed by atoms with Gasteiger partial charge in [0.1, 0.15) is 0 Å². The molecule has 1 aliphatic carbocycles.